The quantitative estimate of drug-likeness (QED) is 0.667. The second-order valence-electron chi connectivity index (χ2n) is 4.42. The summed E-state index contributed by atoms with van der Waals surface area (Å²) in [6.07, 6.45) is -0.950. The molecule has 1 atom stereocenters. The first-order valence-electron chi connectivity index (χ1n) is 6.98. The predicted molar refractivity (Wildman–Crippen MR) is 84.9 cm³/mol. The third-order valence-electron chi connectivity index (χ3n) is 1.97. The molecule has 3 N–H and O–H groups in total. The number of rotatable bonds is 5. The number of aliphatic carboxylic acids is 1. The highest BCUT2D eigenvalue weighted by molar-refractivity contribution is 5.66. The largest absolute Gasteiger partial charge is 0.481 e. The van der Waals surface area contributed by atoms with Gasteiger partial charge in [0.1, 0.15) is 19.3 Å². The maximum atomic E-state index is 10.4. The average Bonchev–Trinajstić information content (AvgIpc) is 2.51. The van der Waals surface area contributed by atoms with E-state index in [0.717, 1.165) is 12.5 Å². The van der Waals surface area contributed by atoms with Crippen LogP contribution in [-0.4, -0.2) is 52.5 Å². The molecule has 0 fully saturated rings. The van der Waals surface area contributed by atoms with Crippen molar-refractivity contribution < 1.29 is 39.2 Å². The van der Waals surface area contributed by atoms with E-state index in [1.807, 2.05) is 30.3 Å². The Morgan fingerprint density at radius 2 is 1.46 bits per heavy atom. The van der Waals surface area contributed by atoms with Gasteiger partial charge < -0.3 is 24.8 Å². The molecule has 0 aliphatic rings. The van der Waals surface area contributed by atoms with Gasteiger partial charge in [-0.05, 0) is 5.56 Å². The van der Waals surface area contributed by atoms with E-state index < -0.39 is 18.0 Å². The molecule has 0 spiro atoms. The van der Waals surface area contributed by atoms with Crippen molar-refractivity contribution in [1.29, 1.82) is 0 Å². The summed E-state index contributed by atoms with van der Waals surface area (Å²) in [5.41, 5.74) is 1.02. The van der Waals surface area contributed by atoms with Gasteiger partial charge in [-0.1, -0.05) is 30.3 Å². The SMILES string of the molecule is CC(=O)O.CC(=O)OCC(O)CO.CC(=O)OCc1ccccc1. The lowest BCUT2D eigenvalue weighted by Gasteiger charge is -2.05. The fourth-order valence-corrected chi connectivity index (χ4v) is 1.03. The van der Waals surface area contributed by atoms with E-state index in [4.69, 9.17) is 24.9 Å². The molecule has 1 aromatic carbocycles. The molecule has 0 saturated heterocycles. The number of carboxylic acid groups (broad SMARTS) is 1. The zero-order valence-corrected chi connectivity index (χ0v) is 14.0. The summed E-state index contributed by atoms with van der Waals surface area (Å²) < 4.78 is 9.13. The van der Waals surface area contributed by atoms with Gasteiger partial charge in [-0.2, -0.15) is 0 Å². The fraction of sp³-hybridized carbons (Fsp3) is 0.438. The van der Waals surface area contributed by atoms with Crippen LogP contribution in [0.5, 0.6) is 0 Å². The maximum Gasteiger partial charge on any atom is 0.302 e. The van der Waals surface area contributed by atoms with Gasteiger partial charge in [-0.25, -0.2) is 0 Å². The van der Waals surface area contributed by atoms with E-state index in [9.17, 15) is 9.59 Å². The van der Waals surface area contributed by atoms with Crippen LogP contribution in [0, 0.1) is 0 Å². The molecule has 136 valence electrons. The Balaban J connectivity index is 0. The van der Waals surface area contributed by atoms with E-state index in [-0.39, 0.29) is 19.2 Å². The van der Waals surface area contributed by atoms with Crippen molar-refractivity contribution in [3.05, 3.63) is 35.9 Å². The fourth-order valence-electron chi connectivity index (χ4n) is 1.03. The van der Waals surface area contributed by atoms with Crippen LogP contribution >= 0.6 is 0 Å². The minimum Gasteiger partial charge on any atom is -0.481 e. The van der Waals surface area contributed by atoms with Crippen LogP contribution < -0.4 is 0 Å². The lowest BCUT2D eigenvalue weighted by Crippen LogP contribution is -2.20. The van der Waals surface area contributed by atoms with E-state index in [0.29, 0.717) is 6.61 Å². The Bertz CT molecular complexity index is 468. The molecule has 0 heterocycles. The summed E-state index contributed by atoms with van der Waals surface area (Å²) in [6, 6.07) is 9.60. The Morgan fingerprint density at radius 3 is 1.83 bits per heavy atom. The second-order valence-corrected chi connectivity index (χ2v) is 4.42. The molecule has 0 amide bonds. The Hall–Kier alpha value is -2.45. The maximum absolute atomic E-state index is 10.4. The first-order chi connectivity index (χ1) is 11.2. The molecule has 0 aliphatic heterocycles. The monoisotopic (exact) mass is 344 g/mol. The van der Waals surface area contributed by atoms with Gasteiger partial charge >= 0.3 is 11.9 Å². The van der Waals surface area contributed by atoms with Crippen LogP contribution in [-0.2, 0) is 30.5 Å². The van der Waals surface area contributed by atoms with Crippen LogP contribution in [0.1, 0.15) is 26.3 Å². The minimum atomic E-state index is -0.950. The van der Waals surface area contributed by atoms with Gasteiger partial charge in [0, 0.05) is 20.8 Å². The molecule has 24 heavy (non-hydrogen) atoms. The van der Waals surface area contributed by atoms with Gasteiger partial charge in [-0.3, -0.25) is 14.4 Å². The van der Waals surface area contributed by atoms with Crippen molar-refractivity contribution in [2.75, 3.05) is 13.2 Å². The molecule has 0 bridgehead atoms. The van der Waals surface area contributed by atoms with E-state index in [2.05, 4.69) is 4.74 Å². The third kappa shape index (κ3) is 21.8. The molecule has 0 radical (unpaired) electrons. The standard InChI is InChI=1S/C9H10O2.C5H10O4.C2H4O2/c1-8(10)11-7-9-5-3-2-4-6-9;1-4(7)9-3-5(8)2-6;1-2(3)4/h2-6H,7H2,1H3;5-6,8H,2-3H2,1H3;1H3,(H,3,4). The molecule has 1 aromatic rings. The van der Waals surface area contributed by atoms with Gasteiger partial charge in [0.2, 0.25) is 0 Å². The van der Waals surface area contributed by atoms with E-state index in [1.165, 1.54) is 13.8 Å². The molecule has 1 unspecified atom stereocenters. The van der Waals surface area contributed by atoms with Crippen molar-refractivity contribution in [2.24, 2.45) is 0 Å². The number of aliphatic hydroxyl groups is 2. The Morgan fingerprint density at radius 1 is 1.00 bits per heavy atom. The molecule has 8 heteroatoms. The zero-order chi connectivity index (χ0) is 19.0. The number of hydrogen-bond acceptors (Lipinski definition) is 7. The van der Waals surface area contributed by atoms with E-state index in [1.54, 1.807) is 0 Å². The molecule has 0 saturated carbocycles. The number of benzene rings is 1. The lowest BCUT2D eigenvalue weighted by atomic mass is 10.2. The third-order valence-corrected chi connectivity index (χ3v) is 1.97. The molecule has 0 aromatic heterocycles. The number of carbonyl (C=O) groups excluding carboxylic acids is 2. The smallest absolute Gasteiger partial charge is 0.302 e. The topological polar surface area (TPSA) is 130 Å². The van der Waals surface area contributed by atoms with Crippen molar-refractivity contribution in [1.82, 2.24) is 0 Å². The Labute approximate surface area is 140 Å². The normalized spacial score (nSPS) is 10.0. The first-order valence-corrected chi connectivity index (χ1v) is 6.98. The number of hydrogen-bond donors (Lipinski definition) is 3. The van der Waals surface area contributed by atoms with Gasteiger partial charge in [0.25, 0.3) is 5.97 Å². The van der Waals surface area contributed by atoms with Crippen molar-refractivity contribution in [2.45, 2.75) is 33.5 Å². The summed E-state index contributed by atoms with van der Waals surface area (Å²) >= 11 is 0. The molecular formula is C16H24O8. The van der Waals surface area contributed by atoms with Crippen LogP contribution in [0.25, 0.3) is 0 Å². The first kappa shape index (κ1) is 23.8. The number of carboxylic acids is 1. The van der Waals surface area contributed by atoms with Crippen LogP contribution in [0.3, 0.4) is 0 Å². The summed E-state index contributed by atoms with van der Waals surface area (Å²) in [5, 5.41) is 24.2. The summed E-state index contributed by atoms with van der Waals surface area (Å²) in [6.45, 7) is 3.59. The molecule has 0 aliphatic carbocycles. The molecular weight excluding hydrogens is 320 g/mol. The summed E-state index contributed by atoms with van der Waals surface area (Å²) in [4.78, 5) is 29.4. The predicted octanol–water partition coefficient (Wildman–Crippen LogP) is 0.743. The zero-order valence-electron chi connectivity index (χ0n) is 14.0. The van der Waals surface area contributed by atoms with Crippen LogP contribution in [0.4, 0.5) is 0 Å². The van der Waals surface area contributed by atoms with Crippen molar-refractivity contribution in [3.63, 3.8) is 0 Å². The van der Waals surface area contributed by atoms with Gasteiger partial charge in [-0.15, -0.1) is 0 Å². The van der Waals surface area contributed by atoms with Gasteiger partial charge in [0.15, 0.2) is 0 Å². The summed E-state index contributed by atoms with van der Waals surface area (Å²) in [7, 11) is 0. The number of esters is 2. The highest BCUT2D eigenvalue weighted by Crippen LogP contribution is 1.99. The van der Waals surface area contributed by atoms with Crippen LogP contribution in [0.15, 0.2) is 30.3 Å². The Kier molecular flexibility index (Phi) is 15.3. The number of ether oxygens (including phenoxy) is 2. The number of aliphatic hydroxyl groups excluding tert-OH is 2. The van der Waals surface area contributed by atoms with Crippen molar-refractivity contribution in [3.8, 4) is 0 Å². The van der Waals surface area contributed by atoms with E-state index >= 15 is 0 Å². The number of carbonyl (C=O) groups is 3. The minimum absolute atomic E-state index is 0.133. The lowest BCUT2D eigenvalue weighted by molar-refractivity contribution is -0.144. The molecule has 1 rings (SSSR count). The highest BCUT2D eigenvalue weighted by atomic mass is 16.5. The second kappa shape index (κ2) is 15.4. The van der Waals surface area contributed by atoms with Crippen LogP contribution in [0.2, 0.25) is 0 Å². The highest BCUT2D eigenvalue weighted by Gasteiger charge is 2.02. The summed E-state index contributed by atoms with van der Waals surface area (Å²) in [5.74, 6) is -1.53. The van der Waals surface area contributed by atoms with Crippen molar-refractivity contribution >= 4 is 17.9 Å². The van der Waals surface area contributed by atoms with Gasteiger partial charge in [0.05, 0.1) is 6.61 Å². The molecule has 8 nitrogen and oxygen atoms in total. The average molecular weight is 344 g/mol.